The highest BCUT2D eigenvalue weighted by atomic mass is 16.5. The molecule has 0 heterocycles. The van der Waals surface area contributed by atoms with Gasteiger partial charge in [-0.1, -0.05) is 18.1 Å². The van der Waals surface area contributed by atoms with E-state index in [0.717, 1.165) is 11.3 Å². The summed E-state index contributed by atoms with van der Waals surface area (Å²) in [6.07, 6.45) is 5.09. The van der Waals surface area contributed by atoms with E-state index in [9.17, 15) is 4.79 Å². The standard InChI is InChI=1S/C15H20N2O2/c1-4-10-16-11-15(18)17-12(3)13-6-8-14(9-7-13)19-5-2/h1,6-9,12,16H,5,10-11H2,2-3H3,(H,17,18). The lowest BCUT2D eigenvalue weighted by Crippen LogP contribution is -2.35. The first-order valence-corrected chi connectivity index (χ1v) is 6.33. The topological polar surface area (TPSA) is 50.4 Å². The Morgan fingerprint density at radius 3 is 2.68 bits per heavy atom. The molecule has 102 valence electrons. The first-order chi connectivity index (χ1) is 9.17. The molecule has 0 radical (unpaired) electrons. The van der Waals surface area contributed by atoms with Gasteiger partial charge in [-0.2, -0.15) is 0 Å². The summed E-state index contributed by atoms with van der Waals surface area (Å²) in [5.74, 6) is 3.18. The molecule has 0 saturated heterocycles. The van der Waals surface area contributed by atoms with Crippen LogP contribution in [0.2, 0.25) is 0 Å². The van der Waals surface area contributed by atoms with Gasteiger partial charge in [-0.25, -0.2) is 0 Å². The van der Waals surface area contributed by atoms with Crippen LogP contribution in [0.1, 0.15) is 25.5 Å². The van der Waals surface area contributed by atoms with Crippen LogP contribution in [0.15, 0.2) is 24.3 Å². The summed E-state index contributed by atoms with van der Waals surface area (Å²) in [5, 5.41) is 5.75. The number of hydrogen-bond donors (Lipinski definition) is 2. The number of amides is 1. The number of ether oxygens (including phenoxy) is 1. The second-order valence-corrected chi connectivity index (χ2v) is 4.10. The highest BCUT2D eigenvalue weighted by molar-refractivity contribution is 5.78. The molecule has 1 atom stereocenters. The highest BCUT2D eigenvalue weighted by Gasteiger charge is 2.08. The molecule has 1 aromatic carbocycles. The van der Waals surface area contributed by atoms with Crippen molar-refractivity contribution in [3.8, 4) is 18.1 Å². The van der Waals surface area contributed by atoms with Crippen molar-refractivity contribution in [3.05, 3.63) is 29.8 Å². The molecule has 1 rings (SSSR count). The van der Waals surface area contributed by atoms with Crippen LogP contribution >= 0.6 is 0 Å². The van der Waals surface area contributed by atoms with E-state index in [4.69, 9.17) is 11.2 Å². The molecular weight excluding hydrogens is 240 g/mol. The molecule has 0 spiro atoms. The molecule has 0 bridgehead atoms. The molecule has 1 aromatic rings. The third-order valence-electron chi connectivity index (χ3n) is 2.58. The lowest BCUT2D eigenvalue weighted by molar-refractivity contribution is -0.120. The van der Waals surface area contributed by atoms with Gasteiger partial charge in [0.15, 0.2) is 0 Å². The van der Waals surface area contributed by atoms with Crippen molar-refractivity contribution in [2.45, 2.75) is 19.9 Å². The van der Waals surface area contributed by atoms with Gasteiger partial charge >= 0.3 is 0 Å². The summed E-state index contributed by atoms with van der Waals surface area (Å²) in [7, 11) is 0. The summed E-state index contributed by atoms with van der Waals surface area (Å²) in [6.45, 7) is 5.15. The van der Waals surface area contributed by atoms with Crippen LogP contribution in [-0.4, -0.2) is 25.6 Å². The van der Waals surface area contributed by atoms with E-state index < -0.39 is 0 Å². The van der Waals surface area contributed by atoms with Crippen molar-refractivity contribution < 1.29 is 9.53 Å². The molecule has 4 heteroatoms. The fourth-order valence-corrected chi connectivity index (χ4v) is 1.64. The van der Waals surface area contributed by atoms with Crippen LogP contribution in [0.5, 0.6) is 5.75 Å². The molecule has 1 amide bonds. The minimum Gasteiger partial charge on any atom is -0.494 e. The van der Waals surface area contributed by atoms with E-state index in [1.165, 1.54) is 0 Å². The van der Waals surface area contributed by atoms with E-state index in [-0.39, 0.29) is 18.5 Å². The molecule has 0 fully saturated rings. The zero-order valence-electron chi connectivity index (χ0n) is 11.4. The first-order valence-electron chi connectivity index (χ1n) is 6.33. The number of carbonyl (C=O) groups excluding carboxylic acids is 1. The van der Waals surface area contributed by atoms with Gasteiger partial charge in [0.25, 0.3) is 0 Å². The quantitative estimate of drug-likeness (QED) is 0.577. The third kappa shape index (κ3) is 5.45. The van der Waals surface area contributed by atoms with Crippen molar-refractivity contribution >= 4 is 5.91 Å². The second-order valence-electron chi connectivity index (χ2n) is 4.10. The number of terminal acetylenes is 1. The minimum atomic E-state index is -0.0726. The lowest BCUT2D eigenvalue weighted by Gasteiger charge is -2.15. The SMILES string of the molecule is C#CCNCC(=O)NC(C)c1ccc(OCC)cc1. The fourth-order valence-electron chi connectivity index (χ4n) is 1.64. The average Bonchev–Trinajstić information content (AvgIpc) is 2.40. The van der Waals surface area contributed by atoms with Crippen molar-refractivity contribution in [2.24, 2.45) is 0 Å². The monoisotopic (exact) mass is 260 g/mol. The molecule has 0 aromatic heterocycles. The van der Waals surface area contributed by atoms with E-state index in [1.54, 1.807) is 0 Å². The Labute approximate surface area is 114 Å². The molecule has 1 unspecified atom stereocenters. The Morgan fingerprint density at radius 2 is 2.11 bits per heavy atom. The van der Waals surface area contributed by atoms with Gasteiger partial charge < -0.3 is 10.1 Å². The fraction of sp³-hybridized carbons (Fsp3) is 0.400. The summed E-state index contributed by atoms with van der Waals surface area (Å²) < 4.78 is 5.37. The summed E-state index contributed by atoms with van der Waals surface area (Å²) >= 11 is 0. The molecule has 4 nitrogen and oxygen atoms in total. The van der Waals surface area contributed by atoms with Crippen LogP contribution < -0.4 is 15.4 Å². The average molecular weight is 260 g/mol. The molecule has 0 aliphatic rings. The number of rotatable bonds is 7. The van der Waals surface area contributed by atoms with Crippen molar-refractivity contribution in [2.75, 3.05) is 19.7 Å². The van der Waals surface area contributed by atoms with E-state index in [2.05, 4.69) is 16.6 Å². The van der Waals surface area contributed by atoms with Crippen molar-refractivity contribution in [3.63, 3.8) is 0 Å². The van der Waals surface area contributed by atoms with E-state index in [0.29, 0.717) is 13.2 Å². The largest absolute Gasteiger partial charge is 0.494 e. The smallest absolute Gasteiger partial charge is 0.234 e. The Balaban J connectivity index is 2.46. The molecular formula is C15H20N2O2. The van der Waals surface area contributed by atoms with Gasteiger partial charge in [-0.05, 0) is 31.5 Å². The van der Waals surface area contributed by atoms with E-state index in [1.807, 2.05) is 38.1 Å². The van der Waals surface area contributed by atoms with Gasteiger partial charge in [-0.15, -0.1) is 6.42 Å². The molecule has 2 N–H and O–H groups in total. The third-order valence-corrected chi connectivity index (χ3v) is 2.58. The highest BCUT2D eigenvalue weighted by Crippen LogP contribution is 2.17. The Hall–Kier alpha value is -1.99. The molecule has 19 heavy (non-hydrogen) atoms. The molecule has 0 aliphatic carbocycles. The van der Waals surface area contributed by atoms with Crippen LogP contribution in [0.3, 0.4) is 0 Å². The van der Waals surface area contributed by atoms with Crippen molar-refractivity contribution in [1.82, 2.24) is 10.6 Å². The van der Waals surface area contributed by atoms with Crippen LogP contribution in [0.4, 0.5) is 0 Å². The van der Waals surface area contributed by atoms with Crippen LogP contribution in [-0.2, 0) is 4.79 Å². The predicted molar refractivity (Wildman–Crippen MR) is 75.9 cm³/mol. The van der Waals surface area contributed by atoms with Crippen molar-refractivity contribution in [1.29, 1.82) is 0 Å². The Kier molecular flexibility index (Phi) is 6.48. The predicted octanol–water partition coefficient (Wildman–Crippen LogP) is 1.49. The molecule has 0 saturated carbocycles. The maximum Gasteiger partial charge on any atom is 0.234 e. The number of nitrogens with one attached hydrogen (secondary N) is 2. The summed E-state index contributed by atoms with van der Waals surface area (Å²) in [5.41, 5.74) is 1.04. The van der Waals surface area contributed by atoms with Crippen LogP contribution in [0, 0.1) is 12.3 Å². The Bertz CT molecular complexity index is 434. The van der Waals surface area contributed by atoms with Crippen LogP contribution in [0.25, 0.3) is 0 Å². The Morgan fingerprint density at radius 1 is 1.42 bits per heavy atom. The van der Waals surface area contributed by atoms with Gasteiger partial charge in [0.2, 0.25) is 5.91 Å². The zero-order valence-corrected chi connectivity index (χ0v) is 11.4. The maximum atomic E-state index is 11.6. The normalized spacial score (nSPS) is 11.4. The van der Waals surface area contributed by atoms with Gasteiger partial charge in [0.05, 0.1) is 25.7 Å². The second kappa shape index (κ2) is 8.17. The van der Waals surface area contributed by atoms with Gasteiger partial charge in [-0.3, -0.25) is 10.1 Å². The zero-order chi connectivity index (χ0) is 14.1. The summed E-state index contributed by atoms with van der Waals surface area (Å²) in [4.78, 5) is 11.6. The first kappa shape index (κ1) is 15.1. The summed E-state index contributed by atoms with van der Waals surface area (Å²) in [6, 6.07) is 7.65. The molecule has 0 aliphatic heterocycles. The van der Waals surface area contributed by atoms with Gasteiger partial charge in [0.1, 0.15) is 5.75 Å². The van der Waals surface area contributed by atoms with E-state index >= 15 is 0 Å². The maximum absolute atomic E-state index is 11.6. The number of benzene rings is 1. The number of hydrogen-bond acceptors (Lipinski definition) is 3. The number of carbonyl (C=O) groups is 1. The lowest BCUT2D eigenvalue weighted by atomic mass is 10.1. The van der Waals surface area contributed by atoms with Gasteiger partial charge in [0, 0.05) is 0 Å². The minimum absolute atomic E-state index is 0.0455.